The zero-order chi connectivity index (χ0) is 8.43. The number of ether oxygens (including phenoxy) is 1. The number of rotatable bonds is 2. The van der Waals surface area contributed by atoms with E-state index in [0.29, 0.717) is 6.42 Å². The molecule has 1 fully saturated rings. The summed E-state index contributed by atoms with van der Waals surface area (Å²) >= 11 is 0. The van der Waals surface area contributed by atoms with E-state index in [0.717, 1.165) is 6.54 Å². The lowest BCUT2D eigenvalue weighted by Crippen LogP contribution is -2.22. The Balaban J connectivity index is 2.35. The van der Waals surface area contributed by atoms with Crippen molar-refractivity contribution < 1.29 is 9.53 Å². The van der Waals surface area contributed by atoms with E-state index < -0.39 is 0 Å². The Bertz CT molecular complexity index is 156. The van der Waals surface area contributed by atoms with Crippen molar-refractivity contribution in [3.63, 3.8) is 0 Å². The summed E-state index contributed by atoms with van der Waals surface area (Å²) in [5, 5.41) is 0. The molecule has 1 unspecified atom stereocenters. The van der Waals surface area contributed by atoms with Crippen LogP contribution in [0.3, 0.4) is 0 Å². The molecule has 0 bridgehead atoms. The van der Waals surface area contributed by atoms with Crippen LogP contribution in [-0.4, -0.2) is 36.6 Å². The number of likely N-dealkylation sites (N-methyl/N-ethyl adjacent to an activating group) is 1. The van der Waals surface area contributed by atoms with Crippen molar-refractivity contribution in [1.82, 2.24) is 4.90 Å². The Morgan fingerprint density at radius 1 is 1.64 bits per heavy atom. The van der Waals surface area contributed by atoms with E-state index in [1.54, 1.807) is 4.90 Å². The third kappa shape index (κ3) is 2.19. The molecule has 0 aliphatic carbocycles. The van der Waals surface area contributed by atoms with Gasteiger partial charge in [0.05, 0.1) is 18.6 Å². The monoisotopic (exact) mass is 157 g/mol. The van der Waals surface area contributed by atoms with Crippen molar-refractivity contribution in [2.24, 2.45) is 0 Å². The Morgan fingerprint density at radius 2 is 2.27 bits per heavy atom. The van der Waals surface area contributed by atoms with Crippen molar-refractivity contribution in [2.45, 2.75) is 32.5 Å². The summed E-state index contributed by atoms with van der Waals surface area (Å²) in [4.78, 5) is 12.7. The number of hydrogen-bond acceptors (Lipinski definition) is 2. The molecule has 1 rings (SSSR count). The second-order valence-corrected chi connectivity index (χ2v) is 3.29. The largest absolute Gasteiger partial charge is 0.373 e. The summed E-state index contributed by atoms with van der Waals surface area (Å²) < 4.78 is 5.49. The standard InChI is InChI=1S/C8H15NO2/c1-6(2)11-7-4-8(10)9(3)5-7/h6-7H,4-5H2,1-3H3. The second-order valence-electron chi connectivity index (χ2n) is 3.29. The van der Waals surface area contributed by atoms with Gasteiger partial charge >= 0.3 is 0 Å². The normalized spacial score (nSPS) is 25.3. The maximum Gasteiger partial charge on any atom is 0.225 e. The highest BCUT2D eigenvalue weighted by Gasteiger charge is 2.27. The zero-order valence-electron chi connectivity index (χ0n) is 7.33. The van der Waals surface area contributed by atoms with Crippen LogP contribution < -0.4 is 0 Å². The molecular formula is C8H15NO2. The molecule has 0 aromatic heterocycles. The lowest BCUT2D eigenvalue weighted by Gasteiger charge is -2.13. The van der Waals surface area contributed by atoms with E-state index in [2.05, 4.69) is 0 Å². The van der Waals surface area contributed by atoms with Gasteiger partial charge in [0, 0.05) is 13.6 Å². The quantitative estimate of drug-likeness (QED) is 0.588. The molecule has 64 valence electrons. The van der Waals surface area contributed by atoms with Gasteiger partial charge in [0.2, 0.25) is 5.91 Å². The van der Waals surface area contributed by atoms with Gasteiger partial charge in [0.15, 0.2) is 0 Å². The van der Waals surface area contributed by atoms with Crippen molar-refractivity contribution >= 4 is 5.91 Å². The molecule has 0 N–H and O–H groups in total. The lowest BCUT2D eigenvalue weighted by atomic mass is 10.3. The molecule has 0 spiro atoms. The number of likely N-dealkylation sites (tertiary alicyclic amines) is 1. The van der Waals surface area contributed by atoms with E-state index in [9.17, 15) is 4.79 Å². The molecule has 0 radical (unpaired) electrons. The molecule has 3 nitrogen and oxygen atoms in total. The van der Waals surface area contributed by atoms with Gasteiger partial charge in [-0.05, 0) is 13.8 Å². The first-order chi connectivity index (χ1) is 5.09. The molecule has 1 aliphatic rings. The summed E-state index contributed by atoms with van der Waals surface area (Å²) in [7, 11) is 1.81. The molecule has 0 saturated carbocycles. The molecular weight excluding hydrogens is 142 g/mol. The van der Waals surface area contributed by atoms with Crippen LogP contribution in [0, 0.1) is 0 Å². The minimum Gasteiger partial charge on any atom is -0.373 e. The van der Waals surface area contributed by atoms with Crippen LogP contribution in [0.2, 0.25) is 0 Å². The van der Waals surface area contributed by atoms with E-state index in [4.69, 9.17) is 4.74 Å². The molecule has 1 heterocycles. The summed E-state index contributed by atoms with van der Waals surface area (Å²) in [6, 6.07) is 0. The number of hydrogen-bond donors (Lipinski definition) is 0. The fourth-order valence-electron chi connectivity index (χ4n) is 1.30. The van der Waals surface area contributed by atoms with Crippen LogP contribution in [-0.2, 0) is 9.53 Å². The Labute approximate surface area is 67.3 Å². The van der Waals surface area contributed by atoms with Crippen molar-refractivity contribution in [3.05, 3.63) is 0 Å². The smallest absolute Gasteiger partial charge is 0.225 e. The minimum absolute atomic E-state index is 0.118. The molecule has 1 amide bonds. The van der Waals surface area contributed by atoms with E-state index in [-0.39, 0.29) is 18.1 Å². The molecule has 0 aromatic rings. The van der Waals surface area contributed by atoms with Crippen molar-refractivity contribution in [1.29, 1.82) is 0 Å². The topological polar surface area (TPSA) is 29.5 Å². The summed E-state index contributed by atoms with van der Waals surface area (Å²) in [6.07, 6.45) is 0.890. The Hall–Kier alpha value is -0.570. The maximum absolute atomic E-state index is 11.0. The molecule has 11 heavy (non-hydrogen) atoms. The minimum atomic E-state index is 0.118. The molecule has 1 atom stereocenters. The van der Waals surface area contributed by atoms with Gasteiger partial charge in [-0.2, -0.15) is 0 Å². The van der Waals surface area contributed by atoms with E-state index in [1.165, 1.54) is 0 Å². The molecule has 0 aromatic carbocycles. The Morgan fingerprint density at radius 3 is 2.64 bits per heavy atom. The number of carbonyl (C=O) groups is 1. The SMILES string of the molecule is CC(C)OC1CC(=O)N(C)C1. The van der Waals surface area contributed by atoms with Crippen LogP contribution in [0.4, 0.5) is 0 Å². The average molecular weight is 157 g/mol. The van der Waals surface area contributed by atoms with Gasteiger partial charge in [0.1, 0.15) is 0 Å². The second kappa shape index (κ2) is 3.22. The third-order valence-electron chi connectivity index (χ3n) is 1.77. The van der Waals surface area contributed by atoms with E-state index >= 15 is 0 Å². The maximum atomic E-state index is 11.0. The molecule has 1 saturated heterocycles. The zero-order valence-corrected chi connectivity index (χ0v) is 7.33. The number of nitrogens with zero attached hydrogens (tertiary/aromatic N) is 1. The van der Waals surface area contributed by atoms with Crippen LogP contribution in [0.25, 0.3) is 0 Å². The van der Waals surface area contributed by atoms with Gasteiger partial charge < -0.3 is 9.64 Å². The first-order valence-electron chi connectivity index (χ1n) is 3.99. The summed E-state index contributed by atoms with van der Waals surface area (Å²) in [5.74, 6) is 0.190. The molecule has 1 aliphatic heterocycles. The predicted octanol–water partition coefficient (Wildman–Crippen LogP) is 0.642. The van der Waals surface area contributed by atoms with Gasteiger partial charge in [0.25, 0.3) is 0 Å². The van der Waals surface area contributed by atoms with Gasteiger partial charge in [-0.3, -0.25) is 4.79 Å². The van der Waals surface area contributed by atoms with Crippen LogP contribution in [0.15, 0.2) is 0 Å². The van der Waals surface area contributed by atoms with Crippen molar-refractivity contribution in [2.75, 3.05) is 13.6 Å². The fraction of sp³-hybridized carbons (Fsp3) is 0.875. The first-order valence-corrected chi connectivity index (χ1v) is 3.99. The number of amides is 1. The van der Waals surface area contributed by atoms with E-state index in [1.807, 2.05) is 20.9 Å². The lowest BCUT2D eigenvalue weighted by molar-refractivity contribution is -0.126. The fourth-order valence-corrected chi connectivity index (χ4v) is 1.30. The highest BCUT2D eigenvalue weighted by molar-refractivity contribution is 5.78. The highest BCUT2D eigenvalue weighted by Crippen LogP contribution is 2.13. The van der Waals surface area contributed by atoms with Gasteiger partial charge in [-0.1, -0.05) is 0 Å². The van der Waals surface area contributed by atoms with Crippen molar-refractivity contribution in [3.8, 4) is 0 Å². The Kier molecular flexibility index (Phi) is 2.49. The third-order valence-corrected chi connectivity index (χ3v) is 1.77. The average Bonchev–Trinajstić information content (AvgIpc) is 2.10. The molecule has 3 heteroatoms. The van der Waals surface area contributed by atoms with Crippen LogP contribution >= 0.6 is 0 Å². The van der Waals surface area contributed by atoms with Gasteiger partial charge in [-0.25, -0.2) is 0 Å². The predicted molar refractivity (Wildman–Crippen MR) is 42.3 cm³/mol. The summed E-state index contributed by atoms with van der Waals surface area (Å²) in [6.45, 7) is 4.72. The number of carbonyl (C=O) groups excluding carboxylic acids is 1. The highest BCUT2D eigenvalue weighted by atomic mass is 16.5. The summed E-state index contributed by atoms with van der Waals surface area (Å²) in [5.41, 5.74) is 0. The first kappa shape index (κ1) is 8.53. The van der Waals surface area contributed by atoms with Crippen LogP contribution in [0.5, 0.6) is 0 Å². The van der Waals surface area contributed by atoms with Crippen LogP contribution in [0.1, 0.15) is 20.3 Å². The van der Waals surface area contributed by atoms with Gasteiger partial charge in [-0.15, -0.1) is 0 Å².